The molecular weight excluding hydrogens is 386 g/mol. The Kier molecular flexibility index (Phi) is 6.68. The molecule has 1 aromatic carbocycles. The Bertz CT molecular complexity index is 1070. The van der Waals surface area contributed by atoms with Crippen LogP contribution in [0, 0.1) is 13.8 Å². The van der Waals surface area contributed by atoms with E-state index < -0.39 is 0 Å². The van der Waals surface area contributed by atoms with Crippen molar-refractivity contribution in [2.45, 2.75) is 40.3 Å². The lowest BCUT2D eigenvalue weighted by Gasteiger charge is -2.17. The quantitative estimate of drug-likeness (QED) is 0.526. The van der Waals surface area contributed by atoms with Crippen molar-refractivity contribution in [3.05, 3.63) is 71.2 Å². The molecule has 0 aliphatic heterocycles. The number of nitrogens with zero attached hydrogens (tertiary/aromatic N) is 5. The maximum absolute atomic E-state index is 12.7. The zero-order valence-corrected chi connectivity index (χ0v) is 19.6. The van der Waals surface area contributed by atoms with Gasteiger partial charge in [-0.05, 0) is 63.1 Å². The van der Waals surface area contributed by atoms with Crippen LogP contribution in [0.5, 0.6) is 0 Å². The molecule has 0 aliphatic carbocycles. The van der Waals surface area contributed by atoms with E-state index in [1.54, 1.807) is 11.0 Å². The summed E-state index contributed by atoms with van der Waals surface area (Å²) in [5, 5.41) is 4.45. The van der Waals surface area contributed by atoms with Crippen LogP contribution >= 0.6 is 0 Å². The molecule has 0 saturated carbocycles. The van der Waals surface area contributed by atoms with Gasteiger partial charge in [0.25, 0.3) is 0 Å². The molecule has 0 radical (unpaired) electrons. The predicted octanol–water partition coefficient (Wildman–Crippen LogP) is 4.61. The topological polar surface area (TPSA) is 46.3 Å². The van der Waals surface area contributed by atoms with Crippen molar-refractivity contribution in [3.63, 3.8) is 0 Å². The van der Waals surface area contributed by atoms with Crippen LogP contribution in [-0.2, 0) is 11.3 Å². The molecule has 3 aromatic rings. The molecule has 164 valence electrons. The van der Waals surface area contributed by atoms with Gasteiger partial charge in [-0.3, -0.25) is 4.79 Å². The molecule has 0 aliphatic rings. The first-order valence-corrected chi connectivity index (χ1v) is 10.6. The molecule has 31 heavy (non-hydrogen) atoms. The summed E-state index contributed by atoms with van der Waals surface area (Å²) in [6.45, 7) is 8.96. The second-order valence-electron chi connectivity index (χ2n) is 8.48. The number of carbonyl (C=O) groups is 1. The Morgan fingerprint density at radius 2 is 1.77 bits per heavy atom. The molecule has 0 bridgehead atoms. The lowest BCUT2D eigenvalue weighted by molar-refractivity contribution is -0.125. The number of carbonyl (C=O) groups excluding carboxylic acids is 1. The molecule has 0 saturated heterocycles. The van der Waals surface area contributed by atoms with Crippen LogP contribution in [0.3, 0.4) is 0 Å². The van der Waals surface area contributed by atoms with Crippen molar-refractivity contribution in [2.75, 3.05) is 26.0 Å². The smallest absolute Gasteiger partial charge is 0.246 e. The Hall–Kier alpha value is -3.28. The number of amides is 1. The summed E-state index contributed by atoms with van der Waals surface area (Å²) in [6, 6.07) is 12.7. The summed E-state index contributed by atoms with van der Waals surface area (Å²) >= 11 is 0. The monoisotopic (exact) mass is 419 g/mol. The standard InChI is InChI=1S/C25H33N5O/c1-18(2)30-24(14-15-26-30)29-19(3)16-22(20(29)4)10-13-25(31)28(7)17-21-8-11-23(12-9-21)27(5)6/h8-16,18H,17H2,1-7H3/b13-10+. The largest absolute Gasteiger partial charge is 0.378 e. The Labute approximate surface area is 185 Å². The number of hydrogen-bond donors (Lipinski definition) is 0. The normalized spacial score (nSPS) is 11.5. The highest BCUT2D eigenvalue weighted by molar-refractivity contribution is 5.91. The first kappa shape index (κ1) is 22.4. The first-order valence-electron chi connectivity index (χ1n) is 10.6. The van der Waals surface area contributed by atoms with Crippen molar-refractivity contribution in [1.29, 1.82) is 0 Å². The summed E-state index contributed by atoms with van der Waals surface area (Å²) in [4.78, 5) is 16.5. The van der Waals surface area contributed by atoms with Gasteiger partial charge in [-0.1, -0.05) is 12.1 Å². The number of hydrogen-bond acceptors (Lipinski definition) is 3. The molecule has 0 atom stereocenters. The molecule has 0 N–H and O–H groups in total. The first-order chi connectivity index (χ1) is 14.7. The maximum Gasteiger partial charge on any atom is 0.246 e. The summed E-state index contributed by atoms with van der Waals surface area (Å²) in [6.07, 6.45) is 5.39. The van der Waals surface area contributed by atoms with Gasteiger partial charge >= 0.3 is 0 Å². The van der Waals surface area contributed by atoms with Gasteiger partial charge in [0.05, 0.1) is 6.20 Å². The van der Waals surface area contributed by atoms with E-state index in [0.717, 1.165) is 34.0 Å². The van der Waals surface area contributed by atoms with E-state index in [-0.39, 0.29) is 11.9 Å². The van der Waals surface area contributed by atoms with Crippen molar-refractivity contribution in [3.8, 4) is 5.82 Å². The number of aromatic nitrogens is 3. The maximum atomic E-state index is 12.7. The molecule has 6 nitrogen and oxygen atoms in total. The number of aryl methyl sites for hydroxylation is 1. The van der Waals surface area contributed by atoms with Crippen LogP contribution in [0.15, 0.2) is 48.7 Å². The number of rotatable bonds is 7. The van der Waals surface area contributed by atoms with Crippen LogP contribution < -0.4 is 4.90 Å². The van der Waals surface area contributed by atoms with Gasteiger partial charge in [-0.2, -0.15) is 5.10 Å². The van der Waals surface area contributed by atoms with E-state index in [9.17, 15) is 4.79 Å². The van der Waals surface area contributed by atoms with E-state index in [4.69, 9.17) is 0 Å². The molecule has 0 spiro atoms. The number of benzene rings is 1. The van der Waals surface area contributed by atoms with Gasteiger partial charge in [0, 0.05) is 62.9 Å². The third-order valence-electron chi connectivity index (χ3n) is 5.49. The number of anilines is 1. The molecule has 3 rings (SSSR count). The molecular formula is C25H33N5O. The second kappa shape index (κ2) is 9.25. The van der Waals surface area contributed by atoms with Gasteiger partial charge in [0.15, 0.2) is 0 Å². The number of likely N-dealkylation sites (N-methyl/N-ethyl adjacent to an activating group) is 1. The third kappa shape index (κ3) is 4.90. The van der Waals surface area contributed by atoms with Gasteiger partial charge in [0.1, 0.15) is 5.82 Å². The predicted molar refractivity (Wildman–Crippen MR) is 128 cm³/mol. The van der Waals surface area contributed by atoms with Crippen molar-refractivity contribution in [1.82, 2.24) is 19.2 Å². The highest BCUT2D eigenvalue weighted by atomic mass is 16.2. The summed E-state index contributed by atoms with van der Waals surface area (Å²) < 4.78 is 4.20. The van der Waals surface area contributed by atoms with Crippen LogP contribution in [0.25, 0.3) is 11.9 Å². The fraction of sp³-hybridized carbons (Fsp3) is 0.360. The lowest BCUT2D eigenvalue weighted by atomic mass is 10.2. The highest BCUT2D eigenvalue weighted by Gasteiger charge is 2.15. The minimum absolute atomic E-state index is 0.0197. The Balaban J connectivity index is 1.74. The molecule has 0 unspecified atom stereocenters. The summed E-state index contributed by atoms with van der Waals surface area (Å²) in [7, 11) is 5.86. The lowest BCUT2D eigenvalue weighted by Crippen LogP contribution is -2.24. The zero-order chi connectivity index (χ0) is 22.7. The van der Waals surface area contributed by atoms with Crippen LogP contribution in [0.2, 0.25) is 0 Å². The van der Waals surface area contributed by atoms with E-state index in [2.05, 4.69) is 72.6 Å². The molecule has 6 heteroatoms. The SMILES string of the molecule is Cc1cc(/C=C/C(=O)N(C)Cc2ccc(N(C)C)cc2)c(C)n1-c1ccnn1C(C)C. The molecule has 1 amide bonds. The van der Waals surface area contributed by atoms with E-state index in [1.165, 1.54) is 0 Å². The third-order valence-corrected chi connectivity index (χ3v) is 5.49. The van der Waals surface area contributed by atoms with E-state index >= 15 is 0 Å². The summed E-state index contributed by atoms with van der Waals surface area (Å²) in [5.41, 5.74) is 5.49. The average molecular weight is 420 g/mol. The van der Waals surface area contributed by atoms with Gasteiger partial charge < -0.3 is 14.4 Å². The average Bonchev–Trinajstić information content (AvgIpc) is 3.30. The molecule has 2 heterocycles. The van der Waals surface area contributed by atoms with Crippen molar-refractivity contribution >= 4 is 17.7 Å². The van der Waals surface area contributed by atoms with Crippen molar-refractivity contribution < 1.29 is 4.79 Å². The highest BCUT2D eigenvalue weighted by Crippen LogP contribution is 2.23. The van der Waals surface area contributed by atoms with Crippen LogP contribution in [0.1, 0.15) is 42.4 Å². The van der Waals surface area contributed by atoms with Crippen LogP contribution in [-0.4, -0.2) is 46.3 Å². The Morgan fingerprint density at radius 1 is 1.10 bits per heavy atom. The van der Waals surface area contributed by atoms with Crippen molar-refractivity contribution in [2.24, 2.45) is 0 Å². The Morgan fingerprint density at radius 3 is 2.39 bits per heavy atom. The fourth-order valence-electron chi connectivity index (χ4n) is 3.73. The minimum Gasteiger partial charge on any atom is -0.378 e. The van der Waals surface area contributed by atoms with Crippen LogP contribution in [0.4, 0.5) is 5.69 Å². The van der Waals surface area contributed by atoms with Gasteiger partial charge in [0.2, 0.25) is 5.91 Å². The minimum atomic E-state index is -0.0197. The second-order valence-corrected chi connectivity index (χ2v) is 8.48. The molecule has 2 aromatic heterocycles. The van der Waals surface area contributed by atoms with Gasteiger partial charge in [-0.25, -0.2) is 4.68 Å². The van der Waals surface area contributed by atoms with E-state index in [1.807, 2.05) is 44.2 Å². The summed E-state index contributed by atoms with van der Waals surface area (Å²) in [5.74, 6) is 1.02. The zero-order valence-electron chi connectivity index (χ0n) is 19.6. The molecule has 0 fully saturated rings. The fourth-order valence-corrected chi connectivity index (χ4v) is 3.73. The van der Waals surface area contributed by atoms with E-state index in [0.29, 0.717) is 6.54 Å². The van der Waals surface area contributed by atoms with Gasteiger partial charge in [-0.15, -0.1) is 0 Å².